The lowest BCUT2D eigenvalue weighted by Gasteiger charge is -2.15. The van der Waals surface area contributed by atoms with Crippen LogP contribution < -0.4 is 0 Å². The molecule has 0 bridgehead atoms. The molecule has 0 aromatic carbocycles. The van der Waals surface area contributed by atoms with E-state index in [9.17, 15) is 4.79 Å². The zero-order valence-corrected chi connectivity index (χ0v) is 12.5. The minimum Gasteiger partial charge on any atom is -0.338 e. The summed E-state index contributed by atoms with van der Waals surface area (Å²) in [5, 5.41) is 4.06. The number of aromatic nitrogens is 3. The topological polar surface area (TPSA) is 51.0 Å². The maximum atomic E-state index is 12.4. The van der Waals surface area contributed by atoms with Crippen LogP contribution in [0.2, 0.25) is 0 Å². The van der Waals surface area contributed by atoms with Crippen molar-refractivity contribution < 1.29 is 4.79 Å². The van der Waals surface area contributed by atoms with Gasteiger partial charge in [-0.05, 0) is 37.3 Å². The SMILES string of the molecule is Cc1ccc(C[C@H]2CCN(C(=O)c3cnn(C)c3)C2)nc1. The van der Waals surface area contributed by atoms with E-state index >= 15 is 0 Å². The van der Waals surface area contributed by atoms with Gasteiger partial charge in [-0.2, -0.15) is 5.10 Å². The number of hydrogen-bond acceptors (Lipinski definition) is 3. The van der Waals surface area contributed by atoms with Gasteiger partial charge < -0.3 is 4.90 Å². The molecule has 0 N–H and O–H groups in total. The summed E-state index contributed by atoms with van der Waals surface area (Å²) in [6.45, 7) is 3.67. The molecule has 3 rings (SSSR count). The van der Waals surface area contributed by atoms with Crippen LogP contribution in [-0.2, 0) is 13.5 Å². The molecule has 1 saturated heterocycles. The second kappa shape index (κ2) is 5.68. The number of hydrogen-bond donors (Lipinski definition) is 0. The van der Waals surface area contributed by atoms with Gasteiger partial charge >= 0.3 is 0 Å². The zero-order valence-electron chi connectivity index (χ0n) is 12.5. The Kier molecular flexibility index (Phi) is 3.73. The van der Waals surface area contributed by atoms with E-state index in [-0.39, 0.29) is 5.91 Å². The minimum absolute atomic E-state index is 0.0856. The van der Waals surface area contributed by atoms with E-state index in [0.717, 1.165) is 31.6 Å². The maximum absolute atomic E-state index is 12.4. The molecule has 0 radical (unpaired) electrons. The third-order valence-electron chi connectivity index (χ3n) is 4.00. The molecule has 0 saturated carbocycles. The highest BCUT2D eigenvalue weighted by Crippen LogP contribution is 2.21. The van der Waals surface area contributed by atoms with Crippen molar-refractivity contribution in [3.05, 3.63) is 47.5 Å². The summed E-state index contributed by atoms with van der Waals surface area (Å²) in [7, 11) is 1.83. The molecule has 2 aromatic rings. The first kappa shape index (κ1) is 13.8. The summed E-state index contributed by atoms with van der Waals surface area (Å²) >= 11 is 0. The van der Waals surface area contributed by atoms with Crippen LogP contribution in [0, 0.1) is 12.8 Å². The van der Waals surface area contributed by atoms with E-state index in [2.05, 4.69) is 22.2 Å². The van der Waals surface area contributed by atoms with E-state index in [1.165, 1.54) is 5.56 Å². The number of amides is 1. The maximum Gasteiger partial charge on any atom is 0.257 e. The second-order valence-corrected chi connectivity index (χ2v) is 5.84. The number of carbonyl (C=O) groups excluding carboxylic acids is 1. The van der Waals surface area contributed by atoms with E-state index in [1.54, 1.807) is 17.1 Å². The van der Waals surface area contributed by atoms with Crippen molar-refractivity contribution in [3.63, 3.8) is 0 Å². The van der Waals surface area contributed by atoms with Crippen molar-refractivity contribution >= 4 is 5.91 Å². The van der Waals surface area contributed by atoms with Gasteiger partial charge in [0.2, 0.25) is 0 Å². The molecule has 110 valence electrons. The van der Waals surface area contributed by atoms with Crippen LogP contribution in [0.3, 0.4) is 0 Å². The summed E-state index contributed by atoms with van der Waals surface area (Å²) in [5.41, 5.74) is 2.96. The molecule has 2 aromatic heterocycles. The van der Waals surface area contributed by atoms with Crippen LogP contribution in [-0.4, -0.2) is 38.7 Å². The average molecular weight is 284 g/mol. The molecule has 3 heterocycles. The van der Waals surface area contributed by atoms with Crippen LogP contribution in [0.15, 0.2) is 30.7 Å². The van der Waals surface area contributed by atoms with Gasteiger partial charge in [0.05, 0.1) is 11.8 Å². The highest BCUT2D eigenvalue weighted by atomic mass is 16.2. The first-order chi connectivity index (χ1) is 10.1. The fourth-order valence-corrected chi connectivity index (χ4v) is 2.81. The molecule has 1 atom stereocenters. The standard InChI is InChI=1S/C16H20N4O/c1-12-3-4-15(17-8-12)7-13-5-6-20(10-13)16(21)14-9-18-19(2)11-14/h3-4,8-9,11,13H,5-7,10H2,1-2H3/t13-/m1/s1. The fourth-order valence-electron chi connectivity index (χ4n) is 2.81. The van der Waals surface area contributed by atoms with Gasteiger partial charge in [-0.15, -0.1) is 0 Å². The molecule has 1 amide bonds. The Morgan fingerprint density at radius 3 is 2.90 bits per heavy atom. The normalized spacial score (nSPS) is 18.2. The molecular formula is C16H20N4O. The Hall–Kier alpha value is -2.17. The summed E-state index contributed by atoms with van der Waals surface area (Å²) < 4.78 is 1.66. The van der Waals surface area contributed by atoms with Gasteiger partial charge in [0.15, 0.2) is 0 Å². The minimum atomic E-state index is 0.0856. The Morgan fingerprint density at radius 2 is 2.24 bits per heavy atom. The first-order valence-electron chi connectivity index (χ1n) is 7.31. The number of nitrogens with zero attached hydrogens (tertiary/aromatic N) is 4. The summed E-state index contributed by atoms with van der Waals surface area (Å²) in [4.78, 5) is 18.7. The van der Waals surface area contributed by atoms with Gasteiger partial charge in [0.25, 0.3) is 5.91 Å². The van der Waals surface area contributed by atoms with Gasteiger partial charge in [-0.25, -0.2) is 0 Å². The monoisotopic (exact) mass is 284 g/mol. The van der Waals surface area contributed by atoms with Crippen molar-refractivity contribution in [1.82, 2.24) is 19.7 Å². The molecule has 21 heavy (non-hydrogen) atoms. The quantitative estimate of drug-likeness (QED) is 0.864. The second-order valence-electron chi connectivity index (χ2n) is 5.84. The van der Waals surface area contributed by atoms with Gasteiger partial charge in [-0.1, -0.05) is 6.07 Å². The summed E-state index contributed by atoms with van der Waals surface area (Å²) in [5.74, 6) is 0.586. The Morgan fingerprint density at radius 1 is 1.38 bits per heavy atom. The summed E-state index contributed by atoms with van der Waals surface area (Å²) in [6.07, 6.45) is 7.30. The number of pyridine rings is 1. The number of aryl methyl sites for hydroxylation is 2. The Balaban J connectivity index is 1.60. The number of carbonyl (C=O) groups is 1. The molecule has 5 nitrogen and oxygen atoms in total. The highest BCUT2D eigenvalue weighted by molar-refractivity contribution is 5.93. The molecule has 0 spiro atoms. The lowest BCUT2D eigenvalue weighted by atomic mass is 10.0. The third kappa shape index (κ3) is 3.12. The Bertz CT molecular complexity index is 632. The predicted molar refractivity (Wildman–Crippen MR) is 79.9 cm³/mol. The van der Waals surface area contributed by atoms with Crippen molar-refractivity contribution in [2.45, 2.75) is 19.8 Å². The van der Waals surface area contributed by atoms with Crippen LogP contribution in [0.5, 0.6) is 0 Å². The molecule has 0 unspecified atom stereocenters. The van der Waals surface area contributed by atoms with Gasteiger partial charge in [-0.3, -0.25) is 14.5 Å². The smallest absolute Gasteiger partial charge is 0.257 e. The van der Waals surface area contributed by atoms with Gasteiger partial charge in [0, 0.05) is 38.2 Å². The predicted octanol–water partition coefficient (Wildman–Crippen LogP) is 1.83. The number of likely N-dealkylation sites (tertiary alicyclic amines) is 1. The first-order valence-corrected chi connectivity index (χ1v) is 7.31. The summed E-state index contributed by atoms with van der Waals surface area (Å²) in [6, 6.07) is 4.18. The highest BCUT2D eigenvalue weighted by Gasteiger charge is 2.27. The molecule has 0 aliphatic carbocycles. The Labute approximate surface area is 124 Å². The van der Waals surface area contributed by atoms with Crippen LogP contribution in [0.25, 0.3) is 0 Å². The van der Waals surface area contributed by atoms with E-state index in [0.29, 0.717) is 11.5 Å². The lowest BCUT2D eigenvalue weighted by Crippen LogP contribution is -2.28. The van der Waals surface area contributed by atoms with E-state index in [1.807, 2.05) is 25.1 Å². The third-order valence-corrected chi connectivity index (χ3v) is 4.00. The number of rotatable bonds is 3. The molecule has 5 heteroatoms. The average Bonchev–Trinajstić information content (AvgIpc) is 3.10. The largest absolute Gasteiger partial charge is 0.338 e. The van der Waals surface area contributed by atoms with E-state index < -0.39 is 0 Å². The van der Waals surface area contributed by atoms with E-state index in [4.69, 9.17) is 0 Å². The molecule has 1 fully saturated rings. The molecule has 1 aliphatic heterocycles. The van der Waals surface area contributed by atoms with Crippen LogP contribution in [0.1, 0.15) is 28.0 Å². The van der Waals surface area contributed by atoms with Crippen molar-refractivity contribution in [1.29, 1.82) is 0 Å². The molecular weight excluding hydrogens is 264 g/mol. The van der Waals surface area contributed by atoms with Gasteiger partial charge in [0.1, 0.15) is 0 Å². The lowest BCUT2D eigenvalue weighted by molar-refractivity contribution is 0.0787. The van der Waals surface area contributed by atoms with Crippen LogP contribution in [0.4, 0.5) is 0 Å². The molecule has 1 aliphatic rings. The van der Waals surface area contributed by atoms with Crippen molar-refractivity contribution in [2.24, 2.45) is 13.0 Å². The fraction of sp³-hybridized carbons (Fsp3) is 0.438. The van der Waals surface area contributed by atoms with Crippen molar-refractivity contribution in [2.75, 3.05) is 13.1 Å². The van der Waals surface area contributed by atoms with Crippen LogP contribution >= 0.6 is 0 Å². The zero-order chi connectivity index (χ0) is 14.8. The van der Waals surface area contributed by atoms with Crippen molar-refractivity contribution in [3.8, 4) is 0 Å².